The Morgan fingerprint density at radius 3 is 3.11 bits per heavy atom. The van der Waals surface area contributed by atoms with Crippen molar-refractivity contribution in [1.29, 1.82) is 0 Å². The quantitative estimate of drug-likeness (QED) is 0.719. The predicted octanol–water partition coefficient (Wildman–Crippen LogP) is 2.28. The first kappa shape index (κ1) is 17.5. The smallest absolute Gasteiger partial charge is 0.261 e. The van der Waals surface area contributed by atoms with E-state index in [4.69, 9.17) is 9.47 Å². The fourth-order valence-electron chi connectivity index (χ4n) is 3.29. The molecule has 27 heavy (non-hydrogen) atoms. The molecule has 1 aliphatic rings. The number of carbonyl (C=O) groups excluding carboxylic acids is 1. The number of nitrogens with zero attached hydrogens (tertiary/aromatic N) is 1. The Kier molecular flexibility index (Phi) is 4.57. The van der Waals surface area contributed by atoms with Gasteiger partial charge >= 0.3 is 0 Å². The third-order valence-corrected chi connectivity index (χ3v) is 5.95. The number of aryl methyl sites for hydroxylation is 1. The van der Waals surface area contributed by atoms with Gasteiger partial charge < -0.3 is 19.8 Å². The lowest BCUT2D eigenvalue weighted by Crippen LogP contribution is -2.34. The van der Waals surface area contributed by atoms with E-state index >= 15 is 0 Å². The van der Waals surface area contributed by atoms with E-state index in [0.29, 0.717) is 33.8 Å². The normalized spacial score (nSPS) is 15.9. The summed E-state index contributed by atoms with van der Waals surface area (Å²) >= 11 is 1.24. The average molecular weight is 385 g/mol. The fourth-order valence-corrected chi connectivity index (χ4v) is 4.35. The maximum absolute atomic E-state index is 12.6. The first-order chi connectivity index (χ1) is 13.1. The van der Waals surface area contributed by atoms with Gasteiger partial charge in [-0.25, -0.2) is 4.98 Å². The maximum Gasteiger partial charge on any atom is 0.261 e. The summed E-state index contributed by atoms with van der Waals surface area (Å²) in [5.41, 5.74) is 1.55. The number of methoxy groups -OCH3 is 1. The molecule has 1 aromatic carbocycles. The fraction of sp³-hybridized carbons (Fsp3) is 0.316. The number of fused-ring (bicyclic) bond motifs is 2. The number of aromatic nitrogens is 2. The van der Waals surface area contributed by atoms with Crippen molar-refractivity contribution in [2.75, 3.05) is 20.3 Å². The number of aromatic amines is 1. The van der Waals surface area contributed by atoms with Crippen LogP contribution in [0.3, 0.4) is 0 Å². The van der Waals surface area contributed by atoms with Crippen molar-refractivity contribution in [2.24, 2.45) is 5.92 Å². The highest BCUT2D eigenvalue weighted by molar-refractivity contribution is 7.20. The SMILES string of the molecule is COc1ccc2c(c1)OC[C@H](CNC(=O)c1sc3nc[nH]c(=O)c3c1C)C2. The van der Waals surface area contributed by atoms with Crippen molar-refractivity contribution in [2.45, 2.75) is 13.3 Å². The van der Waals surface area contributed by atoms with Gasteiger partial charge in [0.25, 0.3) is 11.5 Å². The molecule has 1 atom stereocenters. The zero-order chi connectivity index (χ0) is 19.0. The zero-order valence-corrected chi connectivity index (χ0v) is 15.8. The van der Waals surface area contributed by atoms with Crippen molar-refractivity contribution in [1.82, 2.24) is 15.3 Å². The number of ether oxygens (including phenoxy) is 2. The Labute approximate surface area is 159 Å². The minimum absolute atomic E-state index is 0.185. The molecule has 3 heterocycles. The second kappa shape index (κ2) is 7.03. The molecule has 8 heteroatoms. The third-order valence-electron chi connectivity index (χ3n) is 4.75. The van der Waals surface area contributed by atoms with E-state index < -0.39 is 0 Å². The van der Waals surface area contributed by atoms with E-state index in [1.807, 2.05) is 18.2 Å². The molecule has 7 nitrogen and oxygen atoms in total. The van der Waals surface area contributed by atoms with E-state index in [0.717, 1.165) is 23.5 Å². The largest absolute Gasteiger partial charge is 0.497 e. The Morgan fingerprint density at radius 2 is 2.33 bits per heavy atom. The number of benzene rings is 1. The Bertz CT molecular complexity index is 1070. The summed E-state index contributed by atoms with van der Waals surface area (Å²) in [6.45, 7) is 2.81. The first-order valence-electron chi connectivity index (χ1n) is 8.61. The summed E-state index contributed by atoms with van der Waals surface area (Å²) in [5.74, 6) is 1.60. The summed E-state index contributed by atoms with van der Waals surface area (Å²) in [4.78, 5) is 32.4. The third kappa shape index (κ3) is 3.28. The average Bonchev–Trinajstić information content (AvgIpc) is 3.03. The van der Waals surface area contributed by atoms with Gasteiger partial charge in [-0.1, -0.05) is 6.07 Å². The zero-order valence-electron chi connectivity index (χ0n) is 15.0. The van der Waals surface area contributed by atoms with Crippen molar-refractivity contribution >= 4 is 27.5 Å². The van der Waals surface area contributed by atoms with Gasteiger partial charge in [-0.15, -0.1) is 11.3 Å². The van der Waals surface area contributed by atoms with Crippen LogP contribution in [0.15, 0.2) is 29.3 Å². The second-order valence-corrected chi connectivity index (χ2v) is 7.53. The van der Waals surface area contributed by atoms with Crippen molar-refractivity contribution in [3.8, 4) is 11.5 Å². The van der Waals surface area contributed by atoms with Crippen LogP contribution in [-0.4, -0.2) is 36.1 Å². The molecular weight excluding hydrogens is 366 g/mol. The van der Waals surface area contributed by atoms with Gasteiger partial charge in [-0.05, 0) is 30.5 Å². The predicted molar refractivity (Wildman–Crippen MR) is 103 cm³/mol. The van der Waals surface area contributed by atoms with Crippen LogP contribution in [0.4, 0.5) is 0 Å². The van der Waals surface area contributed by atoms with Gasteiger partial charge in [0, 0.05) is 18.5 Å². The molecule has 1 amide bonds. The molecule has 0 bridgehead atoms. The number of amides is 1. The molecule has 4 rings (SSSR count). The molecular formula is C19H19N3O4S. The molecule has 2 aromatic heterocycles. The number of nitrogens with one attached hydrogen (secondary N) is 2. The molecule has 0 radical (unpaired) electrons. The highest BCUT2D eigenvalue weighted by atomic mass is 32.1. The van der Waals surface area contributed by atoms with Crippen LogP contribution < -0.4 is 20.3 Å². The van der Waals surface area contributed by atoms with Crippen LogP contribution in [-0.2, 0) is 6.42 Å². The van der Waals surface area contributed by atoms with E-state index in [9.17, 15) is 9.59 Å². The molecule has 3 aromatic rings. The summed E-state index contributed by atoms with van der Waals surface area (Å²) < 4.78 is 11.0. The van der Waals surface area contributed by atoms with Crippen molar-refractivity contribution < 1.29 is 14.3 Å². The number of hydrogen-bond donors (Lipinski definition) is 2. The minimum Gasteiger partial charge on any atom is -0.497 e. The summed E-state index contributed by atoms with van der Waals surface area (Å²) in [5, 5.41) is 3.45. The van der Waals surface area contributed by atoms with Crippen LogP contribution in [0.1, 0.15) is 20.8 Å². The van der Waals surface area contributed by atoms with Crippen molar-refractivity contribution in [3.63, 3.8) is 0 Å². The maximum atomic E-state index is 12.6. The Hall–Kier alpha value is -2.87. The lowest BCUT2D eigenvalue weighted by molar-refractivity contribution is 0.0942. The monoisotopic (exact) mass is 385 g/mol. The van der Waals surface area contributed by atoms with Crippen LogP contribution in [0.5, 0.6) is 11.5 Å². The summed E-state index contributed by atoms with van der Waals surface area (Å²) in [7, 11) is 1.63. The van der Waals surface area contributed by atoms with Crippen molar-refractivity contribution in [3.05, 3.63) is 50.9 Å². The molecule has 140 valence electrons. The summed E-state index contributed by atoms with van der Waals surface area (Å²) in [6.07, 6.45) is 2.18. The van der Waals surface area contributed by atoms with Crippen LogP contribution in [0, 0.1) is 12.8 Å². The highest BCUT2D eigenvalue weighted by Crippen LogP contribution is 2.31. The van der Waals surface area contributed by atoms with Crippen LogP contribution >= 0.6 is 11.3 Å². The molecule has 0 aliphatic carbocycles. The lowest BCUT2D eigenvalue weighted by Gasteiger charge is -2.25. The van der Waals surface area contributed by atoms with Gasteiger partial charge in [0.15, 0.2) is 0 Å². The molecule has 0 unspecified atom stereocenters. The molecule has 0 saturated carbocycles. The molecule has 0 saturated heterocycles. The van der Waals surface area contributed by atoms with E-state index in [1.54, 1.807) is 14.0 Å². The van der Waals surface area contributed by atoms with E-state index in [1.165, 1.54) is 17.7 Å². The Balaban J connectivity index is 1.45. The number of H-pyrrole nitrogens is 1. The first-order valence-corrected chi connectivity index (χ1v) is 9.43. The van der Waals surface area contributed by atoms with E-state index in [2.05, 4.69) is 15.3 Å². The van der Waals surface area contributed by atoms with E-state index in [-0.39, 0.29) is 17.4 Å². The molecule has 0 fully saturated rings. The number of hydrogen-bond acceptors (Lipinski definition) is 6. The van der Waals surface area contributed by atoms with Gasteiger partial charge in [0.05, 0.1) is 30.3 Å². The van der Waals surface area contributed by atoms with Crippen LogP contribution in [0.25, 0.3) is 10.2 Å². The summed E-state index contributed by atoms with van der Waals surface area (Å²) in [6, 6.07) is 5.79. The van der Waals surface area contributed by atoms with Crippen LogP contribution in [0.2, 0.25) is 0 Å². The number of carbonyl (C=O) groups is 1. The van der Waals surface area contributed by atoms with Gasteiger partial charge in [0.1, 0.15) is 16.3 Å². The Morgan fingerprint density at radius 1 is 1.48 bits per heavy atom. The standard InChI is InChI=1S/C19H19N3O4S/c1-10-15-17(23)21-9-22-19(15)27-16(10)18(24)20-7-11-5-12-3-4-13(25-2)6-14(12)26-8-11/h3-4,6,9,11H,5,7-8H2,1-2H3,(H,20,24)(H,21,22,23)/t11-/m0/s1. The number of thiophene rings is 1. The van der Waals surface area contributed by atoms with Gasteiger partial charge in [0.2, 0.25) is 0 Å². The second-order valence-electron chi connectivity index (χ2n) is 6.53. The number of rotatable bonds is 4. The molecule has 1 aliphatic heterocycles. The van der Waals surface area contributed by atoms with Gasteiger partial charge in [-0.2, -0.15) is 0 Å². The van der Waals surface area contributed by atoms with Gasteiger partial charge in [-0.3, -0.25) is 9.59 Å². The minimum atomic E-state index is -0.222. The topological polar surface area (TPSA) is 93.3 Å². The lowest BCUT2D eigenvalue weighted by atomic mass is 9.96. The molecule has 2 N–H and O–H groups in total. The molecule has 0 spiro atoms. The highest BCUT2D eigenvalue weighted by Gasteiger charge is 2.23.